The Balaban J connectivity index is 1.92. The maximum atomic E-state index is 13.7. The van der Waals surface area contributed by atoms with E-state index in [1.54, 1.807) is 6.07 Å². The molecule has 0 fully saturated rings. The summed E-state index contributed by atoms with van der Waals surface area (Å²) in [5.41, 5.74) is 4.19. The summed E-state index contributed by atoms with van der Waals surface area (Å²) in [4.78, 5) is 0. The fourth-order valence-corrected chi connectivity index (χ4v) is 2.76. The van der Waals surface area contributed by atoms with Gasteiger partial charge in [-0.2, -0.15) is 0 Å². The van der Waals surface area contributed by atoms with Gasteiger partial charge in [-0.15, -0.1) is 0 Å². The number of anilines is 1. The molecular formula is C17H19FN2. The average molecular weight is 270 g/mol. The molecule has 1 heterocycles. The summed E-state index contributed by atoms with van der Waals surface area (Å²) in [6.45, 7) is 3.68. The van der Waals surface area contributed by atoms with Crippen LogP contribution in [-0.2, 0) is 6.54 Å². The summed E-state index contributed by atoms with van der Waals surface area (Å²) in [7, 11) is 0. The van der Waals surface area contributed by atoms with Crippen molar-refractivity contribution in [1.82, 2.24) is 5.32 Å². The summed E-state index contributed by atoms with van der Waals surface area (Å²) in [6.07, 6.45) is 0.993. The van der Waals surface area contributed by atoms with Gasteiger partial charge < -0.3 is 10.6 Å². The topological polar surface area (TPSA) is 24.1 Å². The van der Waals surface area contributed by atoms with Gasteiger partial charge >= 0.3 is 0 Å². The molecule has 0 radical (unpaired) electrons. The third-order valence-electron chi connectivity index (χ3n) is 3.95. The van der Waals surface area contributed by atoms with Crippen LogP contribution in [0, 0.1) is 12.7 Å². The van der Waals surface area contributed by atoms with E-state index in [0.717, 1.165) is 25.2 Å². The minimum absolute atomic E-state index is 0.157. The van der Waals surface area contributed by atoms with Gasteiger partial charge in [0.1, 0.15) is 5.82 Å². The molecule has 3 rings (SSSR count). The Hall–Kier alpha value is -1.87. The summed E-state index contributed by atoms with van der Waals surface area (Å²) in [5.74, 6) is -0.157. The monoisotopic (exact) mass is 270 g/mol. The molecule has 0 spiro atoms. The highest BCUT2D eigenvalue weighted by Crippen LogP contribution is 2.29. The molecule has 2 aromatic carbocycles. The fraction of sp³-hybridized carbons (Fsp3) is 0.294. The summed E-state index contributed by atoms with van der Waals surface area (Å²) in [5, 5.41) is 6.94. The lowest BCUT2D eigenvalue weighted by atomic mass is 9.98. The van der Waals surface area contributed by atoms with Crippen LogP contribution in [0.15, 0.2) is 42.5 Å². The average Bonchev–Trinajstić information content (AvgIpc) is 2.67. The van der Waals surface area contributed by atoms with Crippen LogP contribution in [0.2, 0.25) is 0 Å². The highest BCUT2D eigenvalue weighted by atomic mass is 19.1. The van der Waals surface area contributed by atoms with Crippen LogP contribution in [0.4, 0.5) is 10.1 Å². The Morgan fingerprint density at radius 1 is 1.15 bits per heavy atom. The number of rotatable bonds is 2. The molecule has 0 amide bonds. The van der Waals surface area contributed by atoms with Crippen LogP contribution in [0.3, 0.4) is 0 Å². The fourth-order valence-electron chi connectivity index (χ4n) is 2.76. The van der Waals surface area contributed by atoms with Crippen LogP contribution in [0.25, 0.3) is 0 Å². The number of benzene rings is 2. The molecule has 0 bridgehead atoms. The zero-order valence-electron chi connectivity index (χ0n) is 11.6. The lowest BCUT2D eigenvalue weighted by Gasteiger charge is -2.21. The van der Waals surface area contributed by atoms with Crippen molar-refractivity contribution in [2.45, 2.75) is 25.9 Å². The van der Waals surface area contributed by atoms with E-state index in [2.05, 4.69) is 34.9 Å². The lowest BCUT2D eigenvalue weighted by Crippen LogP contribution is -2.15. The van der Waals surface area contributed by atoms with Gasteiger partial charge in [-0.1, -0.05) is 30.3 Å². The predicted octanol–water partition coefficient (Wildman–Crippen LogP) is 3.78. The molecule has 20 heavy (non-hydrogen) atoms. The Labute approximate surface area is 119 Å². The van der Waals surface area contributed by atoms with Gasteiger partial charge in [0.15, 0.2) is 0 Å². The zero-order valence-corrected chi connectivity index (χ0v) is 11.6. The van der Waals surface area contributed by atoms with Crippen LogP contribution in [0.1, 0.15) is 29.2 Å². The summed E-state index contributed by atoms with van der Waals surface area (Å²) in [6, 6.07) is 13.9. The molecule has 0 saturated heterocycles. The number of halogens is 1. The van der Waals surface area contributed by atoms with Gasteiger partial charge in [-0.3, -0.25) is 0 Å². The number of fused-ring (bicyclic) bond motifs is 1. The van der Waals surface area contributed by atoms with E-state index in [9.17, 15) is 4.39 Å². The smallest absolute Gasteiger partial charge is 0.128 e. The minimum Gasteiger partial charge on any atom is -0.378 e. The highest BCUT2D eigenvalue weighted by Gasteiger charge is 2.18. The maximum Gasteiger partial charge on any atom is 0.128 e. The number of nitrogens with one attached hydrogen (secondary N) is 2. The van der Waals surface area contributed by atoms with Crippen molar-refractivity contribution < 1.29 is 4.39 Å². The second-order valence-corrected chi connectivity index (χ2v) is 5.27. The molecule has 1 aliphatic heterocycles. The van der Waals surface area contributed by atoms with Gasteiger partial charge in [0.2, 0.25) is 0 Å². The third-order valence-corrected chi connectivity index (χ3v) is 3.95. The van der Waals surface area contributed by atoms with Crippen molar-refractivity contribution in [3.63, 3.8) is 0 Å². The molecule has 2 aromatic rings. The molecule has 2 nitrogen and oxygen atoms in total. The molecule has 3 heteroatoms. The van der Waals surface area contributed by atoms with Crippen LogP contribution < -0.4 is 10.6 Å². The maximum absolute atomic E-state index is 13.7. The molecule has 0 aromatic heterocycles. The first-order chi connectivity index (χ1) is 9.75. The molecule has 0 aliphatic carbocycles. The minimum atomic E-state index is -0.157. The molecule has 1 atom stereocenters. The largest absolute Gasteiger partial charge is 0.378 e. The molecular weight excluding hydrogens is 251 g/mol. The summed E-state index contributed by atoms with van der Waals surface area (Å²) < 4.78 is 13.7. The molecule has 1 aliphatic rings. The normalized spacial score (nSPS) is 18.2. The number of hydrogen-bond donors (Lipinski definition) is 2. The Kier molecular flexibility index (Phi) is 3.70. The van der Waals surface area contributed by atoms with E-state index in [0.29, 0.717) is 5.56 Å². The predicted molar refractivity (Wildman–Crippen MR) is 80.3 cm³/mol. The first kappa shape index (κ1) is 13.1. The van der Waals surface area contributed by atoms with Crippen molar-refractivity contribution in [1.29, 1.82) is 0 Å². The summed E-state index contributed by atoms with van der Waals surface area (Å²) >= 11 is 0. The first-order valence-electron chi connectivity index (χ1n) is 7.06. The van der Waals surface area contributed by atoms with Gasteiger partial charge in [0.25, 0.3) is 0 Å². The van der Waals surface area contributed by atoms with Gasteiger partial charge in [-0.25, -0.2) is 4.39 Å². The van der Waals surface area contributed by atoms with E-state index >= 15 is 0 Å². The van der Waals surface area contributed by atoms with E-state index in [-0.39, 0.29) is 11.9 Å². The van der Waals surface area contributed by atoms with Crippen molar-refractivity contribution in [2.24, 2.45) is 0 Å². The molecule has 104 valence electrons. The van der Waals surface area contributed by atoms with Crippen molar-refractivity contribution in [2.75, 3.05) is 11.9 Å². The standard InChI is InChI=1S/C17H19FN2/c1-12-15(18)7-4-8-16(12)20-17-9-10-19-11-13-5-2-3-6-14(13)17/h2-8,17,19-20H,9-11H2,1H3. The van der Waals surface area contributed by atoms with Gasteiger partial charge in [-0.05, 0) is 43.1 Å². The van der Waals surface area contributed by atoms with E-state index in [1.807, 2.05) is 13.0 Å². The van der Waals surface area contributed by atoms with Crippen LogP contribution >= 0.6 is 0 Å². The van der Waals surface area contributed by atoms with Crippen molar-refractivity contribution in [3.8, 4) is 0 Å². The van der Waals surface area contributed by atoms with Gasteiger partial charge in [0.05, 0.1) is 6.04 Å². The quantitative estimate of drug-likeness (QED) is 0.867. The Morgan fingerprint density at radius 3 is 2.90 bits per heavy atom. The Morgan fingerprint density at radius 2 is 2.00 bits per heavy atom. The van der Waals surface area contributed by atoms with E-state index < -0.39 is 0 Å². The van der Waals surface area contributed by atoms with E-state index in [4.69, 9.17) is 0 Å². The second-order valence-electron chi connectivity index (χ2n) is 5.27. The van der Waals surface area contributed by atoms with E-state index in [1.165, 1.54) is 17.2 Å². The highest BCUT2D eigenvalue weighted by molar-refractivity contribution is 5.53. The third kappa shape index (κ3) is 2.54. The molecule has 1 unspecified atom stereocenters. The number of hydrogen-bond acceptors (Lipinski definition) is 2. The SMILES string of the molecule is Cc1c(F)cccc1NC1CCNCc2ccccc21. The Bertz CT molecular complexity index is 610. The van der Waals surface area contributed by atoms with Crippen molar-refractivity contribution in [3.05, 3.63) is 65.0 Å². The zero-order chi connectivity index (χ0) is 13.9. The van der Waals surface area contributed by atoms with Gasteiger partial charge in [0, 0.05) is 17.8 Å². The lowest BCUT2D eigenvalue weighted by molar-refractivity contribution is 0.615. The van der Waals surface area contributed by atoms with Crippen LogP contribution in [-0.4, -0.2) is 6.54 Å². The molecule has 0 saturated carbocycles. The van der Waals surface area contributed by atoms with Crippen LogP contribution in [0.5, 0.6) is 0 Å². The second kappa shape index (κ2) is 5.63. The van der Waals surface area contributed by atoms with Crippen molar-refractivity contribution >= 4 is 5.69 Å². The first-order valence-corrected chi connectivity index (χ1v) is 7.06. The molecule has 2 N–H and O–H groups in total.